The summed E-state index contributed by atoms with van der Waals surface area (Å²) in [5.41, 5.74) is 4.54. The van der Waals surface area contributed by atoms with Crippen LogP contribution in [0.3, 0.4) is 0 Å². The number of hydrogen-bond acceptors (Lipinski definition) is 6. The fourth-order valence-electron chi connectivity index (χ4n) is 5.35. The van der Waals surface area contributed by atoms with Gasteiger partial charge in [-0.25, -0.2) is 13.8 Å². The van der Waals surface area contributed by atoms with E-state index in [1.807, 2.05) is 0 Å². The number of alkyl halides is 2. The second-order valence-corrected chi connectivity index (χ2v) is 10.8. The molecule has 13 heteroatoms. The molecule has 1 aliphatic heterocycles. The summed E-state index contributed by atoms with van der Waals surface area (Å²) in [7, 11) is -4.88. The molecule has 1 aromatic carbocycles. The van der Waals surface area contributed by atoms with Crippen LogP contribution in [-0.2, 0) is 40.6 Å². The number of hydrogen-bond donors (Lipinski definition) is 2. The van der Waals surface area contributed by atoms with E-state index < -0.39 is 33.3 Å². The predicted octanol–water partition coefficient (Wildman–Crippen LogP) is 2.10. The Morgan fingerprint density at radius 2 is 1.80 bits per heavy atom. The lowest BCUT2D eigenvalue weighted by atomic mass is 9.99. The Bertz CT molecular complexity index is 1200. The number of carbonyl (C=O) groups excluding carboxylic acids is 1. The van der Waals surface area contributed by atoms with Crippen LogP contribution in [0.15, 0.2) is 18.5 Å². The zero-order valence-corrected chi connectivity index (χ0v) is 19.8. The Kier molecular flexibility index (Phi) is 6.51. The molecule has 2 aliphatic carbocycles. The first-order valence-corrected chi connectivity index (χ1v) is 13.2. The summed E-state index contributed by atoms with van der Waals surface area (Å²) in [5.74, 6) is 0. The molecular weight excluding hydrogens is 484 g/mol. The summed E-state index contributed by atoms with van der Waals surface area (Å²) in [4.78, 5) is 13.1. The van der Waals surface area contributed by atoms with Crippen molar-refractivity contribution in [1.29, 1.82) is 0 Å². The van der Waals surface area contributed by atoms with E-state index in [1.165, 1.54) is 0 Å². The number of aryl methyl sites for hydroxylation is 2. The minimum atomic E-state index is -4.88. The number of benzene rings is 1. The van der Waals surface area contributed by atoms with Gasteiger partial charge in [-0.1, -0.05) is 6.07 Å². The maximum Gasteiger partial charge on any atom is 0.436 e. The number of quaternary nitrogens is 1. The van der Waals surface area contributed by atoms with Gasteiger partial charge in [-0.05, 0) is 73.6 Å². The van der Waals surface area contributed by atoms with Crippen molar-refractivity contribution in [2.75, 3.05) is 22.8 Å². The number of carbonyl (C=O) groups is 1. The molecule has 0 bridgehead atoms. The summed E-state index contributed by atoms with van der Waals surface area (Å²) < 4.78 is 57.9. The summed E-state index contributed by atoms with van der Waals surface area (Å²) in [6, 6.07) is 0.177. The van der Waals surface area contributed by atoms with Gasteiger partial charge in [-0.2, -0.15) is 26.8 Å². The predicted molar refractivity (Wildman–Crippen MR) is 123 cm³/mol. The summed E-state index contributed by atoms with van der Waals surface area (Å²) in [5, 5.41) is 19.3. The number of nitrogens with one attached hydrogen (secondary N) is 2. The number of nitrogens with zero attached hydrogens (tertiary/aromatic N) is 3. The highest BCUT2D eigenvalue weighted by Gasteiger charge is 2.41. The van der Waals surface area contributed by atoms with Gasteiger partial charge >= 0.3 is 22.8 Å². The first-order valence-electron chi connectivity index (χ1n) is 11.7. The largest absolute Gasteiger partial charge is 0.608 e. The fraction of sp³-hybridized carbons (Fsp3) is 0.545. The highest BCUT2D eigenvalue weighted by Crippen LogP contribution is 2.38. The Labute approximate surface area is 201 Å². The van der Waals surface area contributed by atoms with Crippen LogP contribution in [0.5, 0.6) is 0 Å². The number of rotatable bonds is 6. The molecule has 2 amide bonds. The molecular formula is C22H27F2N5O5S. The monoisotopic (exact) mass is 511 g/mol. The van der Waals surface area contributed by atoms with E-state index >= 15 is 0 Å². The summed E-state index contributed by atoms with van der Waals surface area (Å²) >= 11 is 0. The van der Waals surface area contributed by atoms with E-state index in [9.17, 15) is 27.2 Å². The number of anilines is 2. The molecule has 0 spiro atoms. The maximum absolute atomic E-state index is 13.5. The second-order valence-electron chi connectivity index (χ2n) is 9.08. The molecule has 1 saturated heterocycles. The van der Waals surface area contributed by atoms with Crippen molar-refractivity contribution in [2.45, 2.75) is 64.0 Å². The second kappa shape index (κ2) is 9.45. The zero-order chi connectivity index (χ0) is 24.7. The van der Waals surface area contributed by atoms with Gasteiger partial charge in [0, 0.05) is 13.2 Å². The highest BCUT2D eigenvalue weighted by molar-refractivity contribution is 7.86. The van der Waals surface area contributed by atoms with Crippen molar-refractivity contribution >= 4 is 27.6 Å². The lowest BCUT2D eigenvalue weighted by Gasteiger charge is -2.35. The van der Waals surface area contributed by atoms with Gasteiger partial charge < -0.3 is 9.94 Å². The normalized spacial score (nSPS) is 19.0. The number of ether oxygens (including phenoxy) is 1. The van der Waals surface area contributed by atoms with Crippen molar-refractivity contribution in [3.8, 4) is 0 Å². The van der Waals surface area contributed by atoms with Gasteiger partial charge in [0.2, 0.25) is 0 Å². The van der Waals surface area contributed by atoms with Crippen molar-refractivity contribution in [1.82, 2.24) is 9.78 Å². The molecule has 0 radical (unpaired) electrons. The van der Waals surface area contributed by atoms with Crippen LogP contribution in [-0.4, -0.2) is 43.5 Å². The van der Waals surface area contributed by atoms with E-state index in [-0.39, 0.29) is 31.7 Å². The number of fused-ring (bicyclic) bond motifs is 2. The van der Waals surface area contributed by atoms with Crippen LogP contribution in [0.4, 0.5) is 25.0 Å². The number of halogens is 2. The maximum atomic E-state index is 13.5. The van der Waals surface area contributed by atoms with Crippen LogP contribution in [0.1, 0.15) is 54.5 Å². The molecule has 2 N–H and O–H groups in total. The van der Waals surface area contributed by atoms with Crippen molar-refractivity contribution in [3.63, 3.8) is 0 Å². The standard InChI is InChI=1S/C22H27F2N5O5S/c23-21(24)27-13-17(12-25-27)28(16-7-9-34-10-8-16)35(32,33)29(31)22(30)26-20-18-5-1-3-14(18)11-15-4-2-6-19(15)20/h11-13,16,21,29H,1-10H2,(H,26,30). The van der Waals surface area contributed by atoms with E-state index in [0.29, 0.717) is 10.4 Å². The average Bonchev–Trinajstić information content (AvgIpc) is 3.59. The SMILES string of the molecule is O=C(Nc1c2c(cc3c1CCC3)CCC2)[NH+]([O-])S(=O)(=O)N(c1cnn(C(F)F)c1)C1CCOCC1. The molecule has 10 nitrogen and oxygen atoms in total. The first-order chi connectivity index (χ1) is 16.8. The molecule has 0 saturated carbocycles. The fourth-order valence-corrected chi connectivity index (χ4v) is 6.79. The first kappa shape index (κ1) is 24.1. The lowest BCUT2D eigenvalue weighted by molar-refractivity contribution is -0.604. The van der Waals surface area contributed by atoms with E-state index in [1.54, 1.807) is 0 Å². The van der Waals surface area contributed by atoms with Gasteiger partial charge in [0.15, 0.2) is 0 Å². The molecule has 1 atom stereocenters. The van der Waals surface area contributed by atoms with Gasteiger partial charge in [-0.3, -0.25) is 5.32 Å². The number of amides is 2. The third-order valence-corrected chi connectivity index (χ3v) is 8.64. The Morgan fingerprint density at radius 3 is 2.37 bits per heavy atom. The minimum absolute atomic E-state index is 0.195. The quantitative estimate of drug-likeness (QED) is 0.573. The Hall–Kier alpha value is -2.61. The van der Waals surface area contributed by atoms with Crippen LogP contribution in [0.25, 0.3) is 0 Å². The molecule has 5 rings (SSSR count). The molecule has 2 heterocycles. The molecule has 1 aromatic heterocycles. The van der Waals surface area contributed by atoms with Crippen LogP contribution in [0.2, 0.25) is 0 Å². The molecule has 2 aromatic rings. The van der Waals surface area contributed by atoms with Crippen molar-refractivity contribution < 1.29 is 31.2 Å². The molecule has 1 fully saturated rings. The summed E-state index contributed by atoms with van der Waals surface area (Å²) in [6.07, 6.45) is 7.42. The van der Waals surface area contributed by atoms with E-state index in [2.05, 4.69) is 16.5 Å². The van der Waals surface area contributed by atoms with Crippen LogP contribution >= 0.6 is 0 Å². The van der Waals surface area contributed by atoms with Crippen LogP contribution < -0.4 is 14.1 Å². The topological polar surface area (TPSA) is 121 Å². The van der Waals surface area contributed by atoms with Gasteiger partial charge in [0.05, 0.1) is 29.8 Å². The molecule has 1 unspecified atom stereocenters. The number of urea groups is 1. The molecule has 35 heavy (non-hydrogen) atoms. The smallest absolute Gasteiger partial charge is 0.436 e. The van der Waals surface area contributed by atoms with Crippen molar-refractivity contribution in [3.05, 3.63) is 45.9 Å². The third kappa shape index (κ3) is 4.41. The lowest BCUT2D eigenvalue weighted by Crippen LogP contribution is -3.14. The van der Waals surface area contributed by atoms with Crippen molar-refractivity contribution in [2.24, 2.45) is 0 Å². The third-order valence-electron chi connectivity index (χ3n) is 6.96. The number of aromatic nitrogens is 2. The Morgan fingerprint density at radius 1 is 1.17 bits per heavy atom. The average molecular weight is 512 g/mol. The van der Waals surface area contributed by atoms with E-state index in [4.69, 9.17) is 4.74 Å². The van der Waals surface area contributed by atoms with Gasteiger partial charge in [0.25, 0.3) is 0 Å². The minimum Gasteiger partial charge on any atom is -0.608 e. The molecule has 3 aliphatic rings. The zero-order valence-electron chi connectivity index (χ0n) is 19.0. The van der Waals surface area contributed by atoms with Crippen LogP contribution in [0, 0.1) is 5.21 Å². The number of hydroxylamine groups is 1. The van der Waals surface area contributed by atoms with Gasteiger partial charge in [0.1, 0.15) is 0 Å². The summed E-state index contributed by atoms with van der Waals surface area (Å²) in [6.45, 7) is -2.51. The Balaban J connectivity index is 1.46. The van der Waals surface area contributed by atoms with E-state index in [0.717, 1.165) is 77.5 Å². The van der Waals surface area contributed by atoms with Gasteiger partial charge in [-0.15, -0.1) is 0 Å². The molecule has 190 valence electrons. The highest BCUT2D eigenvalue weighted by atomic mass is 32.2.